The molecule has 2 aliphatic rings. The number of nitrogens with one attached hydrogen (secondary N) is 1. The Morgan fingerprint density at radius 1 is 1.36 bits per heavy atom. The van der Waals surface area contributed by atoms with Crippen molar-refractivity contribution in [1.82, 2.24) is 9.88 Å². The standard InChI is InChI=1S/C20H24N2O3/c1-3-11-9-22(2)18-7-15-14-6-12(24)4-5-17(14)21-20(15)19(25)8-13(11)16(18)10-23/h3-6,13,16,18,21,23-24H,7-10H2,1-2H3/b11-3-. The van der Waals surface area contributed by atoms with Gasteiger partial charge in [-0.05, 0) is 50.1 Å². The Morgan fingerprint density at radius 3 is 2.88 bits per heavy atom. The van der Waals surface area contributed by atoms with E-state index in [2.05, 4.69) is 23.0 Å². The molecule has 5 heteroatoms. The Morgan fingerprint density at radius 2 is 2.16 bits per heavy atom. The molecule has 2 aromatic rings. The number of benzene rings is 1. The Bertz CT molecular complexity index is 867. The van der Waals surface area contributed by atoms with Crippen LogP contribution in [0.1, 0.15) is 29.4 Å². The lowest BCUT2D eigenvalue weighted by Crippen LogP contribution is -2.52. The molecule has 1 aliphatic heterocycles. The summed E-state index contributed by atoms with van der Waals surface area (Å²) in [4.78, 5) is 18.6. The third kappa shape index (κ3) is 2.50. The zero-order chi connectivity index (χ0) is 17.7. The maximum Gasteiger partial charge on any atom is 0.179 e. The van der Waals surface area contributed by atoms with E-state index in [1.54, 1.807) is 12.1 Å². The van der Waals surface area contributed by atoms with Crippen molar-refractivity contribution < 1.29 is 15.0 Å². The molecule has 3 unspecified atom stereocenters. The first-order valence-corrected chi connectivity index (χ1v) is 8.86. The third-order valence-corrected chi connectivity index (χ3v) is 6.05. The van der Waals surface area contributed by atoms with Crippen molar-refractivity contribution in [3.05, 3.63) is 41.1 Å². The number of aromatic nitrogens is 1. The number of piperidine rings is 1. The highest BCUT2D eigenvalue weighted by molar-refractivity contribution is 6.03. The highest BCUT2D eigenvalue weighted by Gasteiger charge is 2.42. The van der Waals surface area contributed by atoms with Crippen LogP contribution in [-0.2, 0) is 6.42 Å². The molecule has 3 atom stereocenters. The van der Waals surface area contributed by atoms with E-state index in [4.69, 9.17) is 0 Å². The molecular formula is C20H24N2O3. The van der Waals surface area contributed by atoms with Crippen LogP contribution in [0.4, 0.5) is 0 Å². The number of likely N-dealkylation sites (tertiary alicyclic amines) is 1. The second kappa shape index (κ2) is 6.00. The second-order valence-electron chi connectivity index (χ2n) is 7.34. The van der Waals surface area contributed by atoms with Gasteiger partial charge >= 0.3 is 0 Å². The molecule has 132 valence electrons. The molecular weight excluding hydrogens is 316 g/mol. The van der Waals surface area contributed by atoms with Crippen LogP contribution in [0.2, 0.25) is 0 Å². The fraction of sp³-hybridized carbons (Fsp3) is 0.450. The van der Waals surface area contributed by atoms with Gasteiger partial charge in [0, 0.05) is 42.4 Å². The molecule has 1 aliphatic carbocycles. The van der Waals surface area contributed by atoms with Crippen LogP contribution in [-0.4, -0.2) is 52.1 Å². The van der Waals surface area contributed by atoms with Gasteiger partial charge in [0.2, 0.25) is 0 Å². The first-order valence-electron chi connectivity index (χ1n) is 8.86. The molecule has 4 rings (SSSR count). The quantitative estimate of drug-likeness (QED) is 0.697. The summed E-state index contributed by atoms with van der Waals surface area (Å²) in [6.07, 6.45) is 3.21. The highest BCUT2D eigenvalue weighted by atomic mass is 16.3. The average molecular weight is 340 g/mol. The Kier molecular flexibility index (Phi) is 3.93. The minimum atomic E-state index is 0.0457. The van der Waals surface area contributed by atoms with Crippen molar-refractivity contribution in [1.29, 1.82) is 0 Å². The first-order chi connectivity index (χ1) is 12.0. The smallest absolute Gasteiger partial charge is 0.179 e. The summed E-state index contributed by atoms with van der Waals surface area (Å²) in [5.74, 6) is 0.436. The maximum atomic E-state index is 13.0. The van der Waals surface area contributed by atoms with Gasteiger partial charge in [0.1, 0.15) is 5.75 Å². The number of carbonyl (C=O) groups excluding carboxylic acids is 1. The summed E-state index contributed by atoms with van der Waals surface area (Å²) in [7, 11) is 2.09. The number of Topliss-reactive ketones (excluding diaryl/α,β-unsaturated/α-hetero) is 1. The van der Waals surface area contributed by atoms with Gasteiger partial charge in [-0.1, -0.05) is 11.6 Å². The van der Waals surface area contributed by atoms with Crippen LogP contribution in [0.3, 0.4) is 0 Å². The number of H-pyrrole nitrogens is 1. The van der Waals surface area contributed by atoms with Gasteiger partial charge in [-0.15, -0.1) is 0 Å². The number of phenolic OH excluding ortho intramolecular Hbond substituents is 1. The number of fused-ring (bicyclic) bond motifs is 5. The Labute approximate surface area is 147 Å². The molecule has 25 heavy (non-hydrogen) atoms. The molecule has 0 spiro atoms. The number of aromatic hydroxyl groups is 1. The van der Waals surface area contributed by atoms with Gasteiger partial charge < -0.3 is 15.2 Å². The summed E-state index contributed by atoms with van der Waals surface area (Å²) in [5.41, 5.74) is 3.75. The fourth-order valence-electron chi connectivity index (χ4n) is 4.73. The van der Waals surface area contributed by atoms with Crippen LogP contribution < -0.4 is 0 Å². The molecule has 1 fully saturated rings. The number of rotatable bonds is 1. The van der Waals surface area contributed by atoms with E-state index in [1.807, 2.05) is 13.0 Å². The van der Waals surface area contributed by atoms with Crippen LogP contribution in [0.25, 0.3) is 10.9 Å². The lowest BCUT2D eigenvalue weighted by molar-refractivity contribution is 0.0518. The van der Waals surface area contributed by atoms with Crippen molar-refractivity contribution >= 4 is 16.7 Å². The van der Waals surface area contributed by atoms with E-state index in [0.29, 0.717) is 18.5 Å². The van der Waals surface area contributed by atoms with E-state index in [-0.39, 0.29) is 36.0 Å². The molecule has 0 saturated carbocycles. The predicted molar refractivity (Wildman–Crippen MR) is 96.9 cm³/mol. The van der Waals surface area contributed by atoms with E-state index < -0.39 is 0 Å². The molecule has 3 N–H and O–H groups in total. The molecule has 0 amide bonds. The SMILES string of the molecule is C/C=C1/CN(C)C2Cc3c([nH]c4ccc(O)cc34)C(=O)CC1C2CO. The lowest BCUT2D eigenvalue weighted by atomic mass is 9.71. The maximum absolute atomic E-state index is 13.0. The summed E-state index contributed by atoms with van der Waals surface area (Å²) in [5, 5.41) is 20.9. The van der Waals surface area contributed by atoms with Crippen molar-refractivity contribution in [2.24, 2.45) is 11.8 Å². The number of allylic oxidation sites excluding steroid dienone is 1. The number of ketones is 1. The number of likely N-dealkylation sites (N-methyl/N-ethyl adjacent to an activating group) is 1. The molecule has 1 aromatic heterocycles. The van der Waals surface area contributed by atoms with Gasteiger partial charge in [0.05, 0.1) is 5.69 Å². The van der Waals surface area contributed by atoms with E-state index in [9.17, 15) is 15.0 Å². The van der Waals surface area contributed by atoms with E-state index in [0.717, 1.165) is 23.0 Å². The first kappa shape index (κ1) is 16.4. The van der Waals surface area contributed by atoms with Crippen LogP contribution in [0.15, 0.2) is 29.8 Å². The van der Waals surface area contributed by atoms with Crippen LogP contribution in [0, 0.1) is 11.8 Å². The minimum absolute atomic E-state index is 0.0457. The molecule has 0 radical (unpaired) electrons. The number of aromatic amines is 1. The second-order valence-corrected chi connectivity index (χ2v) is 7.34. The predicted octanol–water partition coefficient (Wildman–Crippen LogP) is 2.49. The summed E-state index contributed by atoms with van der Waals surface area (Å²) in [6, 6.07) is 5.35. The van der Waals surface area contributed by atoms with Gasteiger partial charge in [-0.2, -0.15) is 0 Å². The molecule has 5 nitrogen and oxygen atoms in total. The van der Waals surface area contributed by atoms with Gasteiger partial charge in [-0.25, -0.2) is 0 Å². The summed E-state index contributed by atoms with van der Waals surface area (Å²) in [6.45, 7) is 2.92. The highest BCUT2D eigenvalue weighted by Crippen LogP contribution is 2.41. The topological polar surface area (TPSA) is 76.6 Å². The number of phenols is 1. The Balaban J connectivity index is 1.90. The van der Waals surface area contributed by atoms with Crippen molar-refractivity contribution in [2.45, 2.75) is 25.8 Å². The summed E-state index contributed by atoms with van der Waals surface area (Å²) >= 11 is 0. The number of hydrogen-bond acceptors (Lipinski definition) is 4. The van der Waals surface area contributed by atoms with E-state index in [1.165, 1.54) is 5.57 Å². The van der Waals surface area contributed by atoms with Crippen molar-refractivity contribution in [2.75, 3.05) is 20.2 Å². The zero-order valence-corrected chi connectivity index (χ0v) is 14.6. The zero-order valence-electron chi connectivity index (χ0n) is 14.6. The lowest BCUT2D eigenvalue weighted by Gasteiger charge is -2.46. The number of aliphatic hydroxyl groups is 1. The molecule has 2 heterocycles. The number of aliphatic hydroxyl groups excluding tert-OH is 1. The number of carbonyl (C=O) groups is 1. The number of nitrogens with zero attached hydrogens (tertiary/aromatic N) is 1. The van der Waals surface area contributed by atoms with Crippen LogP contribution in [0.5, 0.6) is 5.75 Å². The van der Waals surface area contributed by atoms with Gasteiger partial charge in [0.15, 0.2) is 5.78 Å². The van der Waals surface area contributed by atoms with E-state index >= 15 is 0 Å². The van der Waals surface area contributed by atoms with Gasteiger partial charge in [0.25, 0.3) is 0 Å². The largest absolute Gasteiger partial charge is 0.508 e. The monoisotopic (exact) mass is 340 g/mol. The van der Waals surface area contributed by atoms with Gasteiger partial charge in [-0.3, -0.25) is 9.69 Å². The summed E-state index contributed by atoms with van der Waals surface area (Å²) < 4.78 is 0. The minimum Gasteiger partial charge on any atom is -0.508 e. The molecule has 2 bridgehead atoms. The van der Waals surface area contributed by atoms with Crippen molar-refractivity contribution in [3.63, 3.8) is 0 Å². The average Bonchev–Trinajstić information content (AvgIpc) is 2.94. The third-order valence-electron chi connectivity index (χ3n) is 6.05. The van der Waals surface area contributed by atoms with Crippen molar-refractivity contribution in [3.8, 4) is 5.75 Å². The number of hydrogen-bond donors (Lipinski definition) is 3. The van der Waals surface area contributed by atoms with Crippen LogP contribution >= 0.6 is 0 Å². The molecule has 1 aromatic carbocycles. The normalized spacial score (nSPS) is 28.8. The fourth-order valence-corrected chi connectivity index (χ4v) is 4.73. The Hall–Kier alpha value is -2.11. The molecule has 1 saturated heterocycles.